The summed E-state index contributed by atoms with van der Waals surface area (Å²) >= 11 is 0. The minimum Gasteiger partial charge on any atom is -0.491 e. The van der Waals surface area contributed by atoms with Crippen molar-refractivity contribution in [2.45, 2.75) is 6.42 Å². The number of ether oxygens (including phenoxy) is 1. The molecule has 9 heteroatoms. The molecule has 156 valence electrons. The number of pyridine rings is 1. The number of nitrogens with one attached hydrogen (secondary N) is 3. The molecular formula is C21H22N4O5. The largest absolute Gasteiger partial charge is 0.491 e. The van der Waals surface area contributed by atoms with Gasteiger partial charge in [0.2, 0.25) is 0 Å². The van der Waals surface area contributed by atoms with Crippen molar-refractivity contribution in [1.29, 1.82) is 0 Å². The van der Waals surface area contributed by atoms with Crippen molar-refractivity contribution in [1.82, 2.24) is 4.98 Å². The first-order valence-corrected chi connectivity index (χ1v) is 9.30. The number of benzene rings is 2. The molecule has 0 saturated carbocycles. The summed E-state index contributed by atoms with van der Waals surface area (Å²) in [5, 5.41) is 15.5. The molecule has 0 fully saturated rings. The number of hydrogen-bond acceptors (Lipinski definition) is 6. The molecular weight excluding hydrogens is 388 g/mol. The highest BCUT2D eigenvalue weighted by molar-refractivity contribution is 6.07. The fourth-order valence-electron chi connectivity index (χ4n) is 2.94. The SMILES string of the molecule is CNc1cccc2cc(C(=O)Nc3ccc(C(=O)O)cc3OCCCN)c(=O)[nH]c12. The van der Waals surface area contributed by atoms with Gasteiger partial charge in [0, 0.05) is 12.4 Å². The number of carbonyl (C=O) groups is 2. The molecule has 9 nitrogen and oxygen atoms in total. The van der Waals surface area contributed by atoms with Gasteiger partial charge in [-0.1, -0.05) is 12.1 Å². The predicted octanol–water partition coefficient (Wildman–Crippen LogP) is 2.25. The monoisotopic (exact) mass is 410 g/mol. The fourth-order valence-corrected chi connectivity index (χ4v) is 2.94. The van der Waals surface area contributed by atoms with Gasteiger partial charge in [-0.25, -0.2) is 4.79 Å². The Morgan fingerprint density at radius 3 is 2.67 bits per heavy atom. The van der Waals surface area contributed by atoms with Gasteiger partial charge in [0.1, 0.15) is 11.3 Å². The fraction of sp³-hybridized carbons (Fsp3) is 0.190. The Kier molecular flexibility index (Phi) is 6.33. The third-order valence-electron chi connectivity index (χ3n) is 4.48. The number of fused-ring (bicyclic) bond motifs is 1. The van der Waals surface area contributed by atoms with Crippen LogP contribution >= 0.6 is 0 Å². The second kappa shape index (κ2) is 9.10. The van der Waals surface area contributed by atoms with E-state index < -0.39 is 17.4 Å². The Bertz CT molecular complexity index is 1160. The van der Waals surface area contributed by atoms with Crippen LogP contribution in [-0.4, -0.2) is 42.2 Å². The molecule has 0 aliphatic carbocycles. The van der Waals surface area contributed by atoms with Crippen molar-refractivity contribution in [3.63, 3.8) is 0 Å². The molecule has 1 aromatic heterocycles. The number of carboxylic acids is 1. The molecule has 0 radical (unpaired) electrons. The number of para-hydroxylation sites is 1. The van der Waals surface area contributed by atoms with Crippen LogP contribution in [0.1, 0.15) is 27.1 Å². The van der Waals surface area contributed by atoms with Crippen molar-refractivity contribution in [3.05, 3.63) is 63.9 Å². The van der Waals surface area contributed by atoms with Crippen molar-refractivity contribution in [3.8, 4) is 5.75 Å². The van der Waals surface area contributed by atoms with E-state index in [0.717, 1.165) is 5.69 Å². The van der Waals surface area contributed by atoms with Gasteiger partial charge in [-0.3, -0.25) is 9.59 Å². The molecule has 0 atom stereocenters. The van der Waals surface area contributed by atoms with E-state index in [9.17, 15) is 19.5 Å². The van der Waals surface area contributed by atoms with Crippen molar-refractivity contribution in [2.24, 2.45) is 5.73 Å². The van der Waals surface area contributed by atoms with Gasteiger partial charge in [0.05, 0.1) is 29.1 Å². The van der Waals surface area contributed by atoms with Crippen LogP contribution in [0.4, 0.5) is 11.4 Å². The van der Waals surface area contributed by atoms with E-state index in [4.69, 9.17) is 10.5 Å². The quantitative estimate of drug-likeness (QED) is 0.358. The van der Waals surface area contributed by atoms with Crippen LogP contribution in [0.15, 0.2) is 47.3 Å². The Morgan fingerprint density at radius 1 is 1.17 bits per heavy atom. The number of carbonyl (C=O) groups excluding carboxylic acids is 1. The lowest BCUT2D eigenvalue weighted by Gasteiger charge is -2.13. The summed E-state index contributed by atoms with van der Waals surface area (Å²) in [6.45, 7) is 0.660. The maximum atomic E-state index is 12.8. The minimum atomic E-state index is -1.12. The van der Waals surface area contributed by atoms with Gasteiger partial charge in [0.25, 0.3) is 11.5 Å². The molecule has 30 heavy (non-hydrogen) atoms. The summed E-state index contributed by atoms with van der Waals surface area (Å²) in [4.78, 5) is 39.3. The predicted molar refractivity (Wildman–Crippen MR) is 115 cm³/mol. The molecule has 3 aromatic rings. The van der Waals surface area contributed by atoms with Crippen LogP contribution in [-0.2, 0) is 0 Å². The molecule has 0 bridgehead atoms. The Balaban J connectivity index is 1.94. The van der Waals surface area contributed by atoms with Gasteiger partial charge in [-0.2, -0.15) is 0 Å². The van der Waals surface area contributed by atoms with E-state index in [1.807, 2.05) is 12.1 Å². The standard InChI is InChI=1S/C21H22N4O5/c1-23-16-5-2-4-12-10-14(20(27)25-18(12)16)19(26)24-15-7-6-13(21(28)29)11-17(15)30-9-3-8-22/h2,4-7,10-11,23H,3,8-9,22H2,1H3,(H,24,26)(H,25,27)(H,28,29). The first kappa shape index (κ1) is 20.9. The zero-order chi connectivity index (χ0) is 21.7. The number of aromatic amines is 1. The summed E-state index contributed by atoms with van der Waals surface area (Å²) < 4.78 is 5.58. The van der Waals surface area contributed by atoms with E-state index in [1.165, 1.54) is 24.3 Å². The average Bonchev–Trinajstić information content (AvgIpc) is 2.73. The molecule has 6 N–H and O–H groups in total. The summed E-state index contributed by atoms with van der Waals surface area (Å²) in [5.41, 5.74) is 6.43. The second-order valence-corrected chi connectivity index (χ2v) is 6.49. The number of anilines is 2. The van der Waals surface area contributed by atoms with Gasteiger partial charge >= 0.3 is 5.97 Å². The maximum absolute atomic E-state index is 12.8. The Hall–Kier alpha value is -3.85. The van der Waals surface area contributed by atoms with Crippen molar-refractivity contribution < 1.29 is 19.4 Å². The zero-order valence-electron chi connectivity index (χ0n) is 16.3. The highest BCUT2D eigenvalue weighted by Crippen LogP contribution is 2.27. The van der Waals surface area contributed by atoms with E-state index in [0.29, 0.717) is 23.9 Å². The van der Waals surface area contributed by atoms with E-state index in [-0.39, 0.29) is 29.2 Å². The first-order valence-electron chi connectivity index (χ1n) is 9.30. The van der Waals surface area contributed by atoms with Crippen molar-refractivity contribution >= 4 is 34.2 Å². The van der Waals surface area contributed by atoms with E-state index in [2.05, 4.69) is 15.6 Å². The zero-order valence-corrected chi connectivity index (χ0v) is 16.3. The van der Waals surface area contributed by atoms with Gasteiger partial charge in [0.15, 0.2) is 0 Å². The lowest BCUT2D eigenvalue weighted by Crippen LogP contribution is -2.23. The van der Waals surface area contributed by atoms with E-state index >= 15 is 0 Å². The molecule has 0 spiro atoms. The molecule has 2 aromatic carbocycles. The smallest absolute Gasteiger partial charge is 0.335 e. The third kappa shape index (κ3) is 4.41. The molecule has 0 aliphatic rings. The number of carboxylic acid groups (broad SMARTS) is 1. The number of hydrogen-bond donors (Lipinski definition) is 5. The summed E-state index contributed by atoms with van der Waals surface area (Å²) in [7, 11) is 1.74. The Morgan fingerprint density at radius 2 is 1.97 bits per heavy atom. The molecule has 1 amide bonds. The highest BCUT2D eigenvalue weighted by atomic mass is 16.5. The number of rotatable bonds is 8. The summed E-state index contributed by atoms with van der Waals surface area (Å²) in [5.74, 6) is -1.57. The van der Waals surface area contributed by atoms with Crippen LogP contribution in [0.3, 0.4) is 0 Å². The highest BCUT2D eigenvalue weighted by Gasteiger charge is 2.17. The van der Waals surface area contributed by atoms with E-state index in [1.54, 1.807) is 13.1 Å². The maximum Gasteiger partial charge on any atom is 0.335 e. The van der Waals surface area contributed by atoms with Crippen molar-refractivity contribution in [2.75, 3.05) is 30.8 Å². The number of nitrogens with two attached hydrogens (primary N) is 1. The summed E-state index contributed by atoms with van der Waals surface area (Å²) in [6, 6.07) is 11.0. The molecule has 1 heterocycles. The molecule has 0 saturated heterocycles. The molecule has 0 unspecified atom stereocenters. The molecule has 0 aliphatic heterocycles. The second-order valence-electron chi connectivity index (χ2n) is 6.49. The van der Waals surface area contributed by atoms with Gasteiger partial charge < -0.3 is 31.2 Å². The number of amides is 1. The van der Waals surface area contributed by atoms with Gasteiger partial charge in [-0.15, -0.1) is 0 Å². The van der Waals surface area contributed by atoms with Crippen LogP contribution in [0, 0.1) is 0 Å². The van der Waals surface area contributed by atoms with Crippen LogP contribution < -0.4 is 26.7 Å². The number of H-pyrrole nitrogens is 1. The lowest BCUT2D eigenvalue weighted by atomic mass is 10.1. The van der Waals surface area contributed by atoms with Crippen LogP contribution in [0.2, 0.25) is 0 Å². The first-order chi connectivity index (χ1) is 14.4. The minimum absolute atomic E-state index is 0.0129. The van der Waals surface area contributed by atoms with Crippen LogP contribution in [0.25, 0.3) is 10.9 Å². The van der Waals surface area contributed by atoms with Crippen LogP contribution in [0.5, 0.6) is 5.75 Å². The number of aromatic carboxylic acids is 1. The van der Waals surface area contributed by atoms with Gasteiger partial charge in [-0.05, 0) is 43.3 Å². The average molecular weight is 410 g/mol. The molecule has 3 rings (SSSR count). The third-order valence-corrected chi connectivity index (χ3v) is 4.48. The summed E-state index contributed by atoms with van der Waals surface area (Å²) in [6.07, 6.45) is 0.558. The lowest BCUT2D eigenvalue weighted by molar-refractivity contribution is 0.0696. The normalized spacial score (nSPS) is 10.6. The Labute approximate surface area is 171 Å². The number of aromatic nitrogens is 1. The topological polar surface area (TPSA) is 147 Å².